The van der Waals surface area contributed by atoms with E-state index >= 15 is 0 Å². The third-order valence-electron chi connectivity index (χ3n) is 4.85. The van der Waals surface area contributed by atoms with Crippen LogP contribution in [0.3, 0.4) is 0 Å². The molecule has 138 valence electrons. The number of aliphatic carboxylic acids is 1. The van der Waals surface area contributed by atoms with Crippen LogP contribution in [0.5, 0.6) is 0 Å². The molecule has 2 N–H and O–H groups in total. The minimum absolute atomic E-state index is 0.191. The normalized spacial score (nSPS) is 21.2. The number of rotatable bonds is 5. The van der Waals surface area contributed by atoms with Crippen LogP contribution in [0.25, 0.3) is 0 Å². The summed E-state index contributed by atoms with van der Waals surface area (Å²) in [4.78, 5) is 23.2. The molecule has 4 nitrogen and oxygen atoms in total. The van der Waals surface area contributed by atoms with Gasteiger partial charge in [-0.2, -0.15) is 13.2 Å². The third-order valence-corrected chi connectivity index (χ3v) is 4.85. The van der Waals surface area contributed by atoms with E-state index < -0.39 is 29.0 Å². The SMILES string of the molecule is CC(C)(CNC(=O)[C@@H]1CC[C@H](C(=O)O)C1)c1ccc(C(F)(F)F)cc1. The largest absolute Gasteiger partial charge is 0.481 e. The van der Waals surface area contributed by atoms with E-state index in [9.17, 15) is 22.8 Å². The number of benzene rings is 1. The molecular weight excluding hydrogens is 335 g/mol. The monoisotopic (exact) mass is 357 g/mol. The number of halogens is 3. The fourth-order valence-electron chi connectivity index (χ4n) is 3.11. The Morgan fingerprint density at radius 3 is 2.08 bits per heavy atom. The van der Waals surface area contributed by atoms with Gasteiger partial charge >= 0.3 is 12.1 Å². The summed E-state index contributed by atoms with van der Waals surface area (Å²) < 4.78 is 37.9. The molecule has 1 aliphatic rings. The van der Waals surface area contributed by atoms with Crippen molar-refractivity contribution >= 4 is 11.9 Å². The van der Waals surface area contributed by atoms with Crippen molar-refractivity contribution in [2.24, 2.45) is 11.8 Å². The van der Waals surface area contributed by atoms with E-state index in [1.807, 2.05) is 13.8 Å². The lowest BCUT2D eigenvalue weighted by Gasteiger charge is -2.27. The molecule has 1 amide bonds. The molecule has 1 aromatic carbocycles. The summed E-state index contributed by atoms with van der Waals surface area (Å²) in [5, 5.41) is 11.8. The number of nitrogens with one attached hydrogen (secondary N) is 1. The number of carbonyl (C=O) groups is 2. The number of carboxylic acids is 1. The van der Waals surface area contributed by atoms with Gasteiger partial charge in [0, 0.05) is 17.9 Å². The summed E-state index contributed by atoms with van der Waals surface area (Å²) in [5.41, 5.74) is -0.553. The lowest BCUT2D eigenvalue weighted by atomic mass is 9.84. The molecule has 1 aliphatic carbocycles. The molecule has 0 aromatic heterocycles. The molecule has 0 bridgehead atoms. The minimum atomic E-state index is -4.37. The van der Waals surface area contributed by atoms with Crippen molar-refractivity contribution in [2.45, 2.75) is 44.7 Å². The van der Waals surface area contributed by atoms with E-state index in [4.69, 9.17) is 5.11 Å². The summed E-state index contributed by atoms with van der Waals surface area (Å²) in [7, 11) is 0. The Labute approximate surface area is 144 Å². The van der Waals surface area contributed by atoms with Crippen LogP contribution in [-0.2, 0) is 21.2 Å². The maximum Gasteiger partial charge on any atom is 0.416 e. The summed E-state index contributed by atoms with van der Waals surface area (Å²) in [6.07, 6.45) is -3.00. The first-order valence-electron chi connectivity index (χ1n) is 8.19. The highest BCUT2D eigenvalue weighted by Crippen LogP contribution is 2.33. The number of carbonyl (C=O) groups excluding carboxylic acids is 1. The Balaban J connectivity index is 1.95. The average Bonchev–Trinajstić information content (AvgIpc) is 3.02. The van der Waals surface area contributed by atoms with Gasteiger partial charge in [-0.15, -0.1) is 0 Å². The quantitative estimate of drug-likeness (QED) is 0.846. The Morgan fingerprint density at radius 2 is 1.60 bits per heavy atom. The highest BCUT2D eigenvalue weighted by atomic mass is 19.4. The molecule has 2 rings (SSSR count). The smallest absolute Gasteiger partial charge is 0.416 e. The zero-order valence-electron chi connectivity index (χ0n) is 14.2. The number of hydrogen-bond donors (Lipinski definition) is 2. The summed E-state index contributed by atoms with van der Waals surface area (Å²) in [6.45, 7) is 3.95. The van der Waals surface area contributed by atoms with Crippen LogP contribution >= 0.6 is 0 Å². The van der Waals surface area contributed by atoms with E-state index in [0.29, 0.717) is 24.8 Å². The van der Waals surface area contributed by atoms with Gasteiger partial charge in [-0.3, -0.25) is 9.59 Å². The Morgan fingerprint density at radius 1 is 1.08 bits per heavy atom. The van der Waals surface area contributed by atoms with Gasteiger partial charge in [0.1, 0.15) is 0 Å². The molecule has 25 heavy (non-hydrogen) atoms. The molecule has 7 heteroatoms. The van der Waals surface area contributed by atoms with Crippen molar-refractivity contribution in [3.8, 4) is 0 Å². The standard InChI is InChI=1S/C18H22F3NO3/c1-17(2,13-5-7-14(8-6-13)18(19,20)21)10-22-15(23)11-3-4-12(9-11)16(24)25/h5-8,11-12H,3-4,9-10H2,1-2H3,(H,22,23)(H,24,25)/t11-,12+/m1/s1. The van der Waals surface area contributed by atoms with E-state index in [1.54, 1.807) is 0 Å². The molecular formula is C18H22F3NO3. The number of hydrogen-bond acceptors (Lipinski definition) is 2. The minimum Gasteiger partial charge on any atom is -0.481 e. The molecule has 0 unspecified atom stereocenters. The fourth-order valence-corrected chi connectivity index (χ4v) is 3.11. The van der Waals surface area contributed by atoms with Gasteiger partial charge in [-0.05, 0) is 37.0 Å². The zero-order chi connectivity index (χ0) is 18.8. The summed E-state index contributed by atoms with van der Waals surface area (Å²) in [5.74, 6) is -1.85. The Kier molecular flexibility index (Phi) is 5.44. The molecule has 1 aromatic rings. The van der Waals surface area contributed by atoms with Crippen molar-refractivity contribution < 1.29 is 27.9 Å². The maximum atomic E-state index is 12.6. The maximum absolute atomic E-state index is 12.6. The first-order chi connectivity index (χ1) is 11.5. The van der Waals surface area contributed by atoms with Crippen LogP contribution in [0.4, 0.5) is 13.2 Å². The number of amides is 1. The lowest BCUT2D eigenvalue weighted by Crippen LogP contribution is -2.39. The van der Waals surface area contributed by atoms with Crippen molar-refractivity contribution in [1.29, 1.82) is 0 Å². The van der Waals surface area contributed by atoms with Crippen molar-refractivity contribution in [3.05, 3.63) is 35.4 Å². The van der Waals surface area contributed by atoms with Crippen LogP contribution in [0, 0.1) is 11.8 Å². The van der Waals surface area contributed by atoms with Crippen LogP contribution in [0.2, 0.25) is 0 Å². The van der Waals surface area contributed by atoms with Gasteiger partial charge in [0.25, 0.3) is 0 Å². The average molecular weight is 357 g/mol. The fraction of sp³-hybridized carbons (Fsp3) is 0.556. The van der Waals surface area contributed by atoms with Gasteiger partial charge in [0.15, 0.2) is 0 Å². The number of carboxylic acid groups (broad SMARTS) is 1. The second-order valence-electron chi connectivity index (χ2n) is 7.22. The molecule has 1 fully saturated rings. The second-order valence-corrected chi connectivity index (χ2v) is 7.22. The third kappa shape index (κ3) is 4.74. The van der Waals surface area contributed by atoms with Gasteiger partial charge in [-0.25, -0.2) is 0 Å². The van der Waals surface area contributed by atoms with Gasteiger partial charge < -0.3 is 10.4 Å². The lowest BCUT2D eigenvalue weighted by molar-refractivity contribution is -0.141. The predicted octanol–water partition coefficient (Wildman–Crippen LogP) is 3.60. The first kappa shape index (κ1) is 19.3. The van der Waals surface area contributed by atoms with Crippen LogP contribution in [0.15, 0.2) is 24.3 Å². The molecule has 2 atom stereocenters. The van der Waals surface area contributed by atoms with Crippen LogP contribution in [0.1, 0.15) is 44.2 Å². The summed E-state index contributed by atoms with van der Waals surface area (Å²) in [6, 6.07) is 4.91. The van der Waals surface area contributed by atoms with Crippen LogP contribution in [-0.4, -0.2) is 23.5 Å². The highest BCUT2D eigenvalue weighted by Gasteiger charge is 2.35. The molecule has 0 aliphatic heterocycles. The second kappa shape index (κ2) is 7.06. The first-order valence-corrected chi connectivity index (χ1v) is 8.19. The van der Waals surface area contributed by atoms with Gasteiger partial charge in [-0.1, -0.05) is 26.0 Å². The van der Waals surface area contributed by atoms with Crippen LogP contribution < -0.4 is 5.32 Å². The van der Waals surface area contributed by atoms with Crippen molar-refractivity contribution in [2.75, 3.05) is 6.54 Å². The Bertz CT molecular complexity index is 638. The predicted molar refractivity (Wildman–Crippen MR) is 85.9 cm³/mol. The zero-order valence-corrected chi connectivity index (χ0v) is 14.2. The highest BCUT2D eigenvalue weighted by molar-refractivity contribution is 5.80. The van der Waals surface area contributed by atoms with Crippen molar-refractivity contribution in [1.82, 2.24) is 5.32 Å². The number of alkyl halides is 3. The van der Waals surface area contributed by atoms with Gasteiger partial charge in [0.2, 0.25) is 5.91 Å². The van der Waals surface area contributed by atoms with E-state index in [0.717, 1.165) is 12.1 Å². The van der Waals surface area contributed by atoms with Crippen molar-refractivity contribution in [3.63, 3.8) is 0 Å². The van der Waals surface area contributed by atoms with E-state index in [2.05, 4.69) is 5.32 Å². The molecule has 1 saturated carbocycles. The Hall–Kier alpha value is -2.05. The summed E-state index contributed by atoms with van der Waals surface area (Å²) >= 11 is 0. The molecule has 0 heterocycles. The topological polar surface area (TPSA) is 66.4 Å². The molecule has 0 radical (unpaired) electrons. The van der Waals surface area contributed by atoms with Gasteiger partial charge in [0.05, 0.1) is 11.5 Å². The van der Waals surface area contributed by atoms with E-state index in [1.165, 1.54) is 12.1 Å². The molecule has 0 spiro atoms. The van der Waals surface area contributed by atoms with E-state index in [-0.39, 0.29) is 18.4 Å². The molecule has 0 saturated heterocycles.